The number of carbonyl (C=O) groups is 1. The highest BCUT2D eigenvalue weighted by atomic mass is 32.2. The van der Waals surface area contributed by atoms with Gasteiger partial charge in [-0.15, -0.1) is 0 Å². The molecule has 0 saturated carbocycles. The topological polar surface area (TPSA) is 87.7 Å². The molecule has 1 aliphatic rings. The number of amides is 1. The number of ether oxygens (including phenoxy) is 1. The lowest BCUT2D eigenvalue weighted by Crippen LogP contribution is -2.46. The van der Waals surface area contributed by atoms with Crippen molar-refractivity contribution in [3.05, 3.63) is 83.2 Å². The number of benzene rings is 3. The monoisotopic (exact) mass is 551 g/mol. The molecule has 0 radical (unpaired) electrons. The van der Waals surface area contributed by atoms with E-state index in [1.165, 1.54) is 55.6 Å². The van der Waals surface area contributed by atoms with Gasteiger partial charge in [-0.1, -0.05) is 31.2 Å². The molecule has 4 rings (SSSR count). The summed E-state index contributed by atoms with van der Waals surface area (Å²) in [6.45, 7) is 1.24. The van der Waals surface area contributed by atoms with Crippen LogP contribution >= 0.6 is 0 Å². The Kier molecular flexibility index (Phi) is 7.54. The van der Waals surface area contributed by atoms with E-state index in [4.69, 9.17) is 4.74 Å². The van der Waals surface area contributed by atoms with Crippen LogP contribution in [-0.4, -0.2) is 39.5 Å². The van der Waals surface area contributed by atoms with Crippen LogP contribution in [0.4, 0.5) is 28.9 Å². The Morgan fingerprint density at radius 1 is 1.11 bits per heavy atom. The molecule has 0 spiro atoms. The van der Waals surface area contributed by atoms with Gasteiger partial charge in [0.05, 0.1) is 29.1 Å². The number of halogens is 4. The SMILES string of the molecule is CCS(=O)(=O)c1ccc(CNC(=O)c2ccc3c(c2)NC(C(F)(F)F)N3Cc2cccc(OC)c2F)cc1. The van der Waals surface area contributed by atoms with E-state index in [0.717, 1.165) is 4.90 Å². The lowest BCUT2D eigenvalue weighted by molar-refractivity contribution is -0.141. The number of nitrogens with zero attached hydrogens (tertiary/aromatic N) is 1. The van der Waals surface area contributed by atoms with Crippen LogP contribution in [-0.2, 0) is 22.9 Å². The maximum atomic E-state index is 14.7. The Morgan fingerprint density at radius 2 is 1.82 bits per heavy atom. The van der Waals surface area contributed by atoms with E-state index in [0.29, 0.717) is 5.56 Å². The van der Waals surface area contributed by atoms with Crippen LogP contribution in [0.2, 0.25) is 0 Å². The molecule has 0 bridgehead atoms. The van der Waals surface area contributed by atoms with Crippen molar-refractivity contribution in [2.75, 3.05) is 23.1 Å². The van der Waals surface area contributed by atoms with Crippen molar-refractivity contribution < 1.29 is 35.5 Å². The number of anilines is 2. The molecule has 2 N–H and O–H groups in total. The Bertz CT molecular complexity index is 1440. The number of hydrogen-bond donors (Lipinski definition) is 2. The van der Waals surface area contributed by atoms with Crippen LogP contribution in [0.3, 0.4) is 0 Å². The third kappa shape index (κ3) is 5.54. The van der Waals surface area contributed by atoms with Crippen LogP contribution in [0.15, 0.2) is 65.6 Å². The van der Waals surface area contributed by atoms with Gasteiger partial charge in [-0.25, -0.2) is 12.8 Å². The first kappa shape index (κ1) is 27.2. The van der Waals surface area contributed by atoms with Crippen LogP contribution in [0.5, 0.6) is 5.75 Å². The van der Waals surface area contributed by atoms with Gasteiger partial charge in [0.25, 0.3) is 5.91 Å². The molecule has 202 valence electrons. The zero-order valence-electron chi connectivity index (χ0n) is 20.5. The normalized spacial score (nSPS) is 15.1. The number of sulfone groups is 1. The molecular weight excluding hydrogens is 526 g/mol. The summed E-state index contributed by atoms with van der Waals surface area (Å²) in [6.07, 6.45) is -6.81. The summed E-state index contributed by atoms with van der Waals surface area (Å²) in [5.74, 6) is -1.38. The standard InChI is InChI=1S/C26H25F4N3O4S/c1-3-38(35,36)19-10-7-16(8-11-19)14-31-24(34)17-9-12-21-20(13-17)32-25(26(28,29)30)33(21)15-18-5-4-6-22(37-2)23(18)27/h4-13,25,32H,3,14-15H2,1-2H3,(H,31,34). The molecule has 1 unspecified atom stereocenters. The number of rotatable bonds is 8. The first-order valence-electron chi connectivity index (χ1n) is 11.6. The third-order valence-electron chi connectivity index (χ3n) is 6.20. The quantitative estimate of drug-likeness (QED) is 0.388. The van der Waals surface area contributed by atoms with Gasteiger partial charge in [0.1, 0.15) is 0 Å². The molecule has 7 nitrogen and oxygen atoms in total. The van der Waals surface area contributed by atoms with E-state index in [1.54, 1.807) is 19.1 Å². The maximum Gasteiger partial charge on any atom is 0.427 e. The number of carbonyl (C=O) groups excluding carboxylic acids is 1. The van der Waals surface area contributed by atoms with Crippen LogP contribution in [0.1, 0.15) is 28.4 Å². The summed E-state index contributed by atoms with van der Waals surface area (Å²) in [4.78, 5) is 13.9. The van der Waals surface area contributed by atoms with Crippen molar-refractivity contribution in [3.8, 4) is 5.75 Å². The molecule has 1 aliphatic heterocycles. The first-order chi connectivity index (χ1) is 17.9. The lowest BCUT2D eigenvalue weighted by atomic mass is 10.1. The summed E-state index contributed by atoms with van der Waals surface area (Å²) >= 11 is 0. The fraction of sp³-hybridized carbons (Fsp3) is 0.269. The molecule has 1 atom stereocenters. The third-order valence-corrected chi connectivity index (χ3v) is 7.95. The summed E-state index contributed by atoms with van der Waals surface area (Å²) in [7, 11) is -2.08. The second-order valence-corrected chi connectivity index (χ2v) is 10.9. The van der Waals surface area contributed by atoms with Gasteiger partial charge in [0.2, 0.25) is 0 Å². The predicted molar refractivity (Wildman–Crippen MR) is 134 cm³/mol. The summed E-state index contributed by atoms with van der Waals surface area (Å²) in [5.41, 5.74) is 1.04. The molecule has 38 heavy (non-hydrogen) atoms. The highest BCUT2D eigenvalue weighted by molar-refractivity contribution is 7.91. The van der Waals surface area contributed by atoms with Crippen LogP contribution < -0.4 is 20.3 Å². The summed E-state index contributed by atoms with van der Waals surface area (Å²) in [6, 6.07) is 14.4. The van der Waals surface area contributed by atoms with Gasteiger partial charge in [-0.2, -0.15) is 13.2 Å². The Morgan fingerprint density at radius 3 is 2.45 bits per heavy atom. The minimum atomic E-state index is -4.69. The van der Waals surface area contributed by atoms with Gasteiger partial charge < -0.3 is 20.3 Å². The van der Waals surface area contributed by atoms with E-state index < -0.39 is 33.9 Å². The Labute approximate surface area is 217 Å². The average molecular weight is 552 g/mol. The van der Waals surface area contributed by atoms with Crippen LogP contribution in [0, 0.1) is 5.82 Å². The second kappa shape index (κ2) is 10.5. The van der Waals surface area contributed by atoms with E-state index in [1.807, 2.05) is 0 Å². The molecular formula is C26H25F4N3O4S. The van der Waals surface area contributed by atoms with Crippen molar-refractivity contribution in [3.63, 3.8) is 0 Å². The van der Waals surface area contributed by atoms with Crippen molar-refractivity contribution in [2.45, 2.75) is 37.3 Å². The zero-order valence-corrected chi connectivity index (χ0v) is 21.3. The van der Waals surface area contributed by atoms with Crippen LogP contribution in [0.25, 0.3) is 0 Å². The summed E-state index contributed by atoms with van der Waals surface area (Å²) in [5, 5.41) is 5.07. The number of hydrogen-bond acceptors (Lipinski definition) is 6. The number of fused-ring (bicyclic) bond motifs is 1. The minimum absolute atomic E-state index is 0.0211. The number of nitrogens with one attached hydrogen (secondary N) is 2. The minimum Gasteiger partial charge on any atom is -0.494 e. The van der Waals surface area contributed by atoms with E-state index >= 15 is 0 Å². The van der Waals surface area contributed by atoms with E-state index in [-0.39, 0.29) is 52.0 Å². The molecule has 3 aromatic rings. The molecule has 0 aliphatic carbocycles. The average Bonchev–Trinajstić information content (AvgIpc) is 3.27. The van der Waals surface area contributed by atoms with Gasteiger partial charge >= 0.3 is 6.18 Å². The van der Waals surface area contributed by atoms with Crippen molar-refractivity contribution in [2.24, 2.45) is 0 Å². The van der Waals surface area contributed by atoms with Crippen molar-refractivity contribution >= 4 is 27.1 Å². The Balaban J connectivity index is 1.52. The first-order valence-corrected chi connectivity index (χ1v) is 13.2. The molecule has 0 aromatic heterocycles. The molecule has 12 heteroatoms. The smallest absolute Gasteiger partial charge is 0.427 e. The highest BCUT2D eigenvalue weighted by Crippen LogP contribution is 2.42. The second-order valence-electron chi connectivity index (χ2n) is 8.61. The van der Waals surface area contributed by atoms with E-state index in [9.17, 15) is 30.8 Å². The molecule has 3 aromatic carbocycles. The van der Waals surface area contributed by atoms with Crippen molar-refractivity contribution in [1.29, 1.82) is 0 Å². The van der Waals surface area contributed by atoms with Gasteiger partial charge in [0, 0.05) is 24.2 Å². The Hall–Kier alpha value is -3.80. The number of methoxy groups -OCH3 is 1. The molecule has 0 saturated heterocycles. The predicted octanol–water partition coefficient (Wildman–Crippen LogP) is 4.88. The van der Waals surface area contributed by atoms with Gasteiger partial charge in [-0.05, 0) is 42.0 Å². The highest BCUT2D eigenvalue weighted by Gasteiger charge is 2.48. The fourth-order valence-corrected chi connectivity index (χ4v) is 5.01. The largest absolute Gasteiger partial charge is 0.494 e. The van der Waals surface area contributed by atoms with Gasteiger partial charge in [0.15, 0.2) is 27.6 Å². The molecule has 1 heterocycles. The molecule has 0 fully saturated rings. The van der Waals surface area contributed by atoms with E-state index in [2.05, 4.69) is 10.6 Å². The zero-order chi connectivity index (χ0) is 27.7. The molecule has 1 amide bonds. The summed E-state index contributed by atoms with van der Waals surface area (Å²) < 4.78 is 85.1. The lowest BCUT2D eigenvalue weighted by Gasteiger charge is -2.28. The van der Waals surface area contributed by atoms with Crippen molar-refractivity contribution in [1.82, 2.24) is 5.32 Å². The van der Waals surface area contributed by atoms with Gasteiger partial charge in [-0.3, -0.25) is 4.79 Å². The fourth-order valence-electron chi connectivity index (χ4n) is 4.13. The number of alkyl halides is 3. The maximum absolute atomic E-state index is 14.7.